The molecule has 2 aromatic rings. The number of methoxy groups -OCH3 is 2. The topological polar surface area (TPSA) is 38.8 Å². The molecule has 2 heterocycles. The predicted octanol–water partition coefficient (Wildman–Crippen LogP) is 4.22. The molecule has 0 N–H and O–H groups in total. The second-order valence-corrected chi connectivity index (χ2v) is 7.35. The number of carbonyl (C=O) groups excluding carboxylic acids is 1. The van der Waals surface area contributed by atoms with Gasteiger partial charge in [-0.2, -0.15) is 0 Å². The van der Waals surface area contributed by atoms with Gasteiger partial charge in [0.1, 0.15) is 11.5 Å². The van der Waals surface area contributed by atoms with Gasteiger partial charge in [-0.1, -0.05) is 24.3 Å². The quantitative estimate of drug-likeness (QED) is 0.750. The monoisotopic (exact) mass is 375 g/mol. The summed E-state index contributed by atoms with van der Waals surface area (Å²) >= 11 is 0. The molecule has 4 rings (SSSR count). The van der Waals surface area contributed by atoms with Crippen molar-refractivity contribution in [1.29, 1.82) is 0 Å². The zero-order valence-electron chi connectivity index (χ0n) is 16.5. The van der Waals surface area contributed by atoms with Gasteiger partial charge in [-0.15, -0.1) is 0 Å². The molecule has 144 valence electrons. The molecule has 0 amide bonds. The van der Waals surface area contributed by atoms with E-state index in [1.807, 2.05) is 60.7 Å². The highest BCUT2D eigenvalue weighted by atomic mass is 16.5. The summed E-state index contributed by atoms with van der Waals surface area (Å²) in [5.41, 5.74) is 3.79. The number of likely N-dealkylation sites (N-methyl/N-ethyl adjacent to an activating group) is 1. The first-order valence-corrected chi connectivity index (χ1v) is 9.58. The van der Waals surface area contributed by atoms with Crippen LogP contribution in [0.5, 0.6) is 11.5 Å². The molecule has 0 radical (unpaired) electrons. The maximum Gasteiger partial charge on any atom is 0.188 e. The number of benzene rings is 2. The van der Waals surface area contributed by atoms with Gasteiger partial charge in [-0.3, -0.25) is 9.69 Å². The first kappa shape index (κ1) is 18.5. The molecular formula is C24H25NO3. The Balaban J connectivity index is 1.70. The molecule has 2 aliphatic heterocycles. The van der Waals surface area contributed by atoms with Gasteiger partial charge in [0.05, 0.1) is 14.2 Å². The Hall–Kier alpha value is -2.85. The lowest BCUT2D eigenvalue weighted by atomic mass is 9.88. The third-order valence-electron chi connectivity index (χ3n) is 5.82. The number of piperidine rings is 1. The van der Waals surface area contributed by atoms with E-state index in [0.29, 0.717) is 0 Å². The molecule has 0 aliphatic carbocycles. The van der Waals surface area contributed by atoms with Crippen LogP contribution in [0.15, 0.2) is 59.7 Å². The maximum absolute atomic E-state index is 13.4. The molecule has 4 heteroatoms. The molecule has 4 nitrogen and oxygen atoms in total. The fourth-order valence-electron chi connectivity index (χ4n) is 4.24. The van der Waals surface area contributed by atoms with E-state index in [0.717, 1.165) is 46.6 Å². The average molecular weight is 375 g/mol. The molecule has 2 atom stereocenters. The number of Topliss-reactive ketones (excluding diaryl/α,β-unsaturated/α-hetero) is 1. The maximum atomic E-state index is 13.4. The van der Waals surface area contributed by atoms with E-state index in [1.165, 1.54) is 0 Å². The number of rotatable bonds is 4. The Bertz CT molecular complexity index is 850. The van der Waals surface area contributed by atoms with Crippen molar-refractivity contribution in [2.45, 2.75) is 24.9 Å². The Labute approximate surface area is 166 Å². The molecule has 2 fully saturated rings. The molecule has 28 heavy (non-hydrogen) atoms. The Morgan fingerprint density at radius 1 is 0.786 bits per heavy atom. The average Bonchev–Trinajstić information content (AvgIpc) is 3.04. The second kappa shape index (κ2) is 7.64. The van der Waals surface area contributed by atoms with Crippen LogP contribution < -0.4 is 9.47 Å². The van der Waals surface area contributed by atoms with Crippen LogP contribution >= 0.6 is 0 Å². The highest BCUT2D eigenvalue weighted by Gasteiger charge is 2.44. The number of nitrogens with zero attached hydrogens (tertiary/aromatic N) is 1. The molecule has 2 aromatic carbocycles. The number of fused-ring (bicyclic) bond motifs is 2. The second-order valence-electron chi connectivity index (χ2n) is 7.35. The number of ketones is 1. The van der Waals surface area contributed by atoms with Gasteiger partial charge in [0.2, 0.25) is 0 Å². The van der Waals surface area contributed by atoms with Crippen molar-refractivity contribution in [3.8, 4) is 11.5 Å². The summed E-state index contributed by atoms with van der Waals surface area (Å²) in [6.45, 7) is 0. The van der Waals surface area contributed by atoms with Gasteiger partial charge >= 0.3 is 0 Å². The SMILES string of the molecule is COc1ccc(/C=C2/C(=O)/C(=C/c3ccc(OC)cc3)[C@@H]3CC[C@H]2N3C)cc1. The van der Waals surface area contributed by atoms with Crippen molar-refractivity contribution in [3.63, 3.8) is 0 Å². The summed E-state index contributed by atoms with van der Waals surface area (Å²) in [5, 5.41) is 0. The first-order valence-electron chi connectivity index (χ1n) is 9.58. The molecule has 0 aromatic heterocycles. The lowest BCUT2D eigenvalue weighted by molar-refractivity contribution is -0.114. The number of hydrogen-bond acceptors (Lipinski definition) is 4. The largest absolute Gasteiger partial charge is 0.497 e. The van der Waals surface area contributed by atoms with E-state index in [1.54, 1.807) is 14.2 Å². The van der Waals surface area contributed by atoms with E-state index in [2.05, 4.69) is 11.9 Å². The summed E-state index contributed by atoms with van der Waals surface area (Å²) < 4.78 is 10.5. The van der Waals surface area contributed by atoms with Crippen LogP contribution in [0.3, 0.4) is 0 Å². The zero-order valence-corrected chi connectivity index (χ0v) is 16.5. The molecule has 2 saturated heterocycles. The van der Waals surface area contributed by atoms with Crippen LogP contribution in [-0.4, -0.2) is 44.0 Å². The van der Waals surface area contributed by atoms with Crippen molar-refractivity contribution in [3.05, 3.63) is 70.8 Å². The van der Waals surface area contributed by atoms with Gasteiger partial charge in [-0.25, -0.2) is 0 Å². The van der Waals surface area contributed by atoms with Crippen LogP contribution in [0.2, 0.25) is 0 Å². The van der Waals surface area contributed by atoms with Gasteiger partial charge in [0.15, 0.2) is 5.78 Å². The molecular weight excluding hydrogens is 350 g/mol. The minimum absolute atomic E-state index is 0.164. The van der Waals surface area contributed by atoms with E-state index in [-0.39, 0.29) is 17.9 Å². The fourth-order valence-corrected chi connectivity index (χ4v) is 4.24. The highest BCUT2D eigenvalue weighted by molar-refractivity contribution is 6.16. The van der Waals surface area contributed by atoms with Gasteiger partial charge < -0.3 is 9.47 Å². The van der Waals surface area contributed by atoms with Crippen LogP contribution in [0, 0.1) is 0 Å². The zero-order chi connectivity index (χ0) is 19.7. The summed E-state index contributed by atoms with van der Waals surface area (Å²) in [6, 6.07) is 16.0. The summed E-state index contributed by atoms with van der Waals surface area (Å²) in [4.78, 5) is 15.7. The number of ether oxygens (including phenoxy) is 2. The molecule has 0 saturated carbocycles. The van der Waals surface area contributed by atoms with Crippen molar-refractivity contribution in [1.82, 2.24) is 4.90 Å². The van der Waals surface area contributed by atoms with Gasteiger partial charge in [0, 0.05) is 23.2 Å². The van der Waals surface area contributed by atoms with Crippen LogP contribution in [0.1, 0.15) is 24.0 Å². The molecule has 0 spiro atoms. The third kappa shape index (κ3) is 3.36. The van der Waals surface area contributed by atoms with Crippen LogP contribution in [-0.2, 0) is 4.79 Å². The Kier molecular flexibility index (Phi) is 5.05. The lowest BCUT2D eigenvalue weighted by Crippen LogP contribution is -2.43. The third-order valence-corrected chi connectivity index (χ3v) is 5.82. The standard InChI is InChI=1S/C24H25NO3/c1-25-22-12-13-23(25)21(15-17-6-10-19(28-3)11-7-17)24(26)20(22)14-16-4-8-18(27-2)9-5-16/h4-11,14-15,22-23H,12-13H2,1-3H3/b20-14+,21-15+/t22-,23+. The lowest BCUT2D eigenvalue weighted by Gasteiger charge is -2.34. The summed E-state index contributed by atoms with van der Waals surface area (Å²) in [6.07, 6.45) is 6.09. The minimum Gasteiger partial charge on any atom is -0.497 e. The number of hydrogen-bond donors (Lipinski definition) is 0. The normalized spacial score (nSPS) is 24.8. The summed E-state index contributed by atoms with van der Waals surface area (Å²) in [7, 11) is 5.43. The van der Waals surface area contributed by atoms with Crippen molar-refractivity contribution < 1.29 is 14.3 Å². The van der Waals surface area contributed by atoms with Gasteiger partial charge in [0.25, 0.3) is 0 Å². The summed E-state index contributed by atoms with van der Waals surface area (Å²) in [5.74, 6) is 1.79. The van der Waals surface area contributed by atoms with Crippen LogP contribution in [0.4, 0.5) is 0 Å². The minimum atomic E-state index is 0.164. The molecule has 2 bridgehead atoms. The van der Waals surface area contributed by atoms with Crippen molar-refractivity contribution in [2.75, 3.05) is 21.3 Å². The highest BCUT2D eigenvalue weighted by Crippen LogP contribution is 2.40. The number of carbonyl (C=O) groups is 1. The fraction of sp³-hybridized carbons (Fsp3) is 0.292. The predicted molar refractivity (Wildman–Crippen MR) is 112 cm³/mol. The Morgan fingerprint density at radius 2 is 1.18 bits per heavy atom. The van der Waals surface area contributed by atoms with Gasteiger partial charge in [-0.05, 0) is 67.4 Å². The first-order chi connectivity index (χ1) is 13.6. The van der Waals surface area contributed by atoms with E-state index in [9.17, 15) is 4.79 Å². The van der Waals surface area contributed by atoms with Crippen molar-refractivity contribution in [2.24, 2.45) is 0 Å². The van der Waals surface area contributed by atoms with Crippen molar-refractivity contribution >= 4 is 17.9 Å². The van der Waals surface area contributed by atoms with Crippen LogP contribution in [0.25, 0.3) is 12.2 Å². The Morgan fingerprint density at radius 3 is 1.54 bits per heavy atom. The smallest absolute Gasteiger partial charge is 0.188 e. The van der Waals surface area contributed by atoms with E-state index < -0.39 is 0 Å². The van der Waals surface area contributed by atoms with E-state index >= 15 is 0 Å². The van der Waals surface area contributed by atoms with E-state index in [4.69, 9.17) is 9.47 Å². The molecule has 0 unspecified atom stereocenters. The molecule has 2 aliphatic rings.